The third-order valence-corrected chi connectivity index (χ3v) is 5.70. The number of hydrogen-bond donors (Lipinski definition) is 1. The molecule has 1 N–H and O–H groups in total. The van der Waals surface area contributed by atoms with Crippen molar-refractivity contribution in [3.8, 4) is 5.75 Å². The minimum Gasteiger partial charge on any atom is -0.497 e. The zero-order chi connectivity index (χ0) is 20.9. The molecule has 0 bridgehead atoms. The van der Waals surface area contributed by atoms with E-state index in [1.165, 1.54) is 5.56 Å². The van der Waals surface area contributed by atoms with E-state index < -0.39 is 0 Å². The van der Waals surface area contributed by atoms with Gasteiger partial charge in [0.15, 0.2) is 0 Å². The Morgan fingerprint density at radius 2 is 1.90 bits per heavy atom. The molecular formula is C24H29N3O3. The van der Waals surface area contributed by atoms with E-state index in [1.807, 2.05) is 18.2 Å². The summed E-state index contributed by atoms with van der Waals surface area (Å²) in [7, 11) is 3.79. The van der Waals surface area contributed by atoms with Crippen molar-refractivity contribution in [3.05, 3.63) is 65.4 Å². The molecule has 1 saturated heterocycles. The van der Waals surface area contributed by atoms with Crippen molar-refractivity contribution < 1.29 is 13.9 Å². The van der Waals surface area contributed by atoms with E-state index in [0.717, 1.165) is 60.6 Å². The monoisotopic (exact) mass is 407 g/mol. The van der Waals surface area contributed by atoms with E-state index in [9.17, 15) is 4.79 Å². The van der Waals surface area contributed by atoms with Crippen LogP contribution < -0.4 is 10.1 Å². The van der Waals surface area contributed by atoms with Crippen LogP contribution in [0.4, 0.5) is 0 Å². The first-order valence-electron chi connectivity index (χ1n) is 10.4. The molecule has 2 aromatic carbocycles. The first-order chi connectivity index (χ1) is 14.6. The number of likely N-dealkylation sites (N-methyl/N-ethyl adjacent to an activating group) is 1. The summed E-state index contributed by atoms with van der Waals surface area (Å²) in [4.78, 5) is 17.3. The zero-order valence-corrected chi connectivity index (χ0v) is 17.7. The van der Waals surface area contributed by atoms with Crippen molar-refractivity contribution in [2.75, 3.05) is 40.3 Å². The molecule has 158 valence electrons. The van der Waals surface area contributed by atoms with E-state index in [1.54, 1.807) is 13.4 Å². The maximum Gasteiger partial charge on any atom is 0.224 e. The van der Waals surface area contributed by atoms with Gasteiger partial charge >= 0.3 is 0 Å². The van der Waals surface area contributed by atoms with E-state index in [4.69, 9.17) is 9.15 Å². The molecule has 3 aromatic rings. The number of ether oxygens (including phenoxy) is 1. The number of amides is 1. The van der Waals surface area contributed by atoms with Gasteiger partial charge in [0.05, 0.1) is 19.8 Å². The highest BCUT2D eigenvalue weighted by Crippen LogP contribution is 2.25. The van der Waals surface area contributed by atoms with Gasteiger partial charge in [0, 0.05) is 56.3 Å². The van der Waals surface area contributed by atoms with Gasteiger partial charge in [-0.05, 0) is 30.3 Å². The summed E-state index contributed by atoms with van der Waals surface area (Å²) in [5, 5.41) is 3.98. The molecule has 1 aliphatic heterocycles. The number of piperazine rings is 1. The fraction of sp³-hybridized carbons (Fsp3) is 0.375. The van der Waals surface area contributed by atoms with Crippen molar-refractivity contribution >= 4 is 16.9 Å². The summed E-state index contributed by atoms with van der Waals surface area (Å²) in [5.74, 6) is 0.724. The smallest absolute Gasteiger partial charge is 0.224 e. The Labute approximate surface area is 177 Å². The number of rotatable bonds is 7. The van der Waals surface area contributed by atoms with Gasteiger partial charge in [-0.1, -0.05) is 24.3 Å². The van der Waals surface area contributed by atoms with Crippen LogP contribution in [0.1, 0.15) is 16.7 Å². The molecule has 1 amide bonds. The molecule has 6 heteroatoms. The third kappa shape index (κ3) is 5.01. The summed E-state index contributed by atoms with van der Waals surface area (Å²) < 4.78 is 10.8. The van der Waals surface area contributed by atoms with Gasteiger partial charge in [0.25, 0.3) is 0 Å². The number of hydrogen-bond acceptors (Lipinski definition) is 5. The minimum absolute atomic E-state index is 0.0158. The molecule has 0 aliphatic carbocycles. The van der Waals surface area contributed by atoms with Crippen molar-refractivity contribution in [3.63, 3.8) is 0 Å². The summed E-state index contributed by atoms with van der Waals surface area (Å²) in [5.41, 5.74) is 4.03. The maximum absolute atomic E-state index is 12.5. The second kappa shape index (κ2) is 9.32. The Morgan fingerprint density at radius 3 is 2.70 bits per heavy atom. The number of furan rings is 1. The molecule has 0 spiro atoms. The molecule has 1 fully saturated rings. The second-order valence-corrected chi connectivity index (χ2v) is 7.98. The number of nitrogens with one attached hydrogen (secondary N) is 1. The van der Waals surface area contributed by atoms with Gasteiger partial charge in [-0.3, -0.25) is 9.69 Å². The van der Waals surface area contributed by atoms with Crippen LogP contribution in [-0.2, 0) is 24.3 Å². The highest BCUT2D eigenvalue weighted by Gasteiger charge is 2.14. The predicted octanol–water partition coefficient (Wildman–Crippen LogP) is 3.05. The van der Waals surface area contributed by atoms with Gasteiger partial charge in [-0.15, -0.1) is 0 Å². The summed E-state index contributed by atoms with van der Waals surface area (Å²) >= 11 is 0. The van der Waals surface area contributed by atoms with Gasteiger partial charge in [0.2, 0.25) is 5.91 Å². The molecule has 0 radical (unpaired) electrons. The molecule has 4 rings (SSSR count). The molecule has 6 nitrogen and oxygen atoms in total. The lowest BCUT2D eigenvalue weighted by atomic mass is 10.1. The van der Waals surface area contributed by atoms with E-state index in [0.29, 0.717) is 13.0 Å². The fourth-order valence-electron chi connectivity index (χ4n) is 3.87. The predicted molar refractivity (Wildman–Crippen MR) is 118 cm³/mol. The Morgan fingerprint density at radius 1 is 1.10 bits per heavy atom. The van der Waals surface area contributed by atoms with Crippen LogP contribution in [-0.4, -0.2) is 56.0 Å². The van der Waals surface area contributed by atoms with Crippen molar-refractivity contribution in [2.24, 2.45) is 0 Å². The lowest BCUT2D eigenvalue weighted by Crippen LogP contribution is -2.43. The normalized spacial score (nSPS) is 15.4. The topological polar surface area (TPSA) is 58.0 Å². The first-order valence-corrected chi connectivity index (χ1v) is 10.4. The fourth-order valence-corrected chi connectivity index (χ4v) is 3.87. The summed E-state index contributed by atoms with van der Waals surface area (Å²) in [6.45, 7) is 5.92. The average Bonchev–Trinajstić information content (AvgIpc) is 3.16. The summed E-state index contributed by atoms with van der Waals surface area (Å²) in [6.07, 6.45) is 1.95. The molecule has 2 heterocycles. The Balaban J connectivity index is 1.32. The molecule has 30 heavy (non-hydrogen) atoms. The Hall–Kier alpha value is -2.83. The lowest BCUT2D eigenvalue weighted by molar-refractivity contribution is -0.120. The van der Waals surface area contributed by atoms with E-state index in [2.05, 4.69) is 46.4 Å². The largest absolute Gasteiger partial charge is 0.497 e. The van der Waals surface area contributed by atoms with Gasteiger partial charge in [-0.25, -0.2) is 0 Å². The number of nitrogens with zero attached hydrogens (tertiary/aromatic N) is 2. The van der Waals surface area contributed by atoms with Crippen LogP contribution in [0.25, 0.3) is 11.0 Å². The van der Waals surface area contributed by atoms with Crippen LogP contribution in [0.2, 0.25) is 0 Å². The van der Waals surface area contributed by atoms with Crippen LogP contribution in [0.5, 0.6) is 5.75 Å². The average molecular weight is 408 g/mol. The molecular weight excluding hydrogens is 378 g/mol. The van der Waals surface area contributed by atoms with Crippen LogP contribution in [0.3, 0.4) is 0 Å². The minimum atomic E-state index is -0.0158. The van der Waals surface area contributed by atoms with Crippen LogP contribution in [0.15, 0.2) is 53.1 Å². The number of carbonyl (C=O) groups excluding carboxylic acids is 1. The number of methoxy groups -OCH3 is 1. The molecule has 0 saturated carbocycles. The third-order valence-electron chi connectivity index (χ3n) is 5.70. The first kappa shape index (κ1) is 20.4. The molecule has 0 atom stereocenters. The van der Waals surface area contributed by atoms with E-state index >= 15 is 0 Å². The van der Waals surface area contributed by atoms with Crippen molar-refractivity contribution in [1.29, 1.82) is 0 Å². The Kier molecular flexibility index (Phi) is 6.35. The van der Waals surface area contributed by atoms with Gasteiger partial charge in [-0.2, -0.15) is 0 Å². The number of benzene rings is 2. The van der Waals surface area contributed by atoms with Crippen LogP contribution >= 0.6 is 0 Å². The highest BCUT2D eigenvalue weighted by atomic mass is 16.5. The maximum atomic E-state index is 12.5. The van der Waals surface area contributed by atoms with Crippen molar-refractivity contribution in [1.82, 2.24) is 15.1 Å². The second-order valence-electron chi connectivity index (χ2n) is 7.98. The van der Waals surface area contributed by atoms with Gasteiger partial charge < -0.3 is 19.4 Å². The number of fused-ring (bicyclic) bond motifs is 1. The lowest BCUT2D eigenvalue weighted by Gasteiger charge is -2.32. The van der Waals surface area contributed by atoms with E-state index in [-0.39, 0.29) is 5.91 Å². The van der Waals surface area contributed by atoms with Gasteiger partial charge in [0.1, 0.15) is 11.3 Å². The molecule has 1 aliphatic rings. The highest BCUT2D eigenvalue weighted by molar-refractivity contribution is 5.88. The summed E-state index contributed by atoms with van der Waals surface area (Å²) in [6, 6.07) is 14.1. The Bertz CT molecular complexity index is 1010. The molecule has 0 unspecified atom stereocenters. The zero-order valence-electron chi connectivity index (χ0n) is 17.7. The van der Waals surface area contributed by atoms with Crippen molar-refractivity contribution in [2.45, 2.75) is 19.5 Å². The quantitative estimate of drug-likeness (QED) is 0.652. The van der Waals surface area contributed by atoms with Crippen LogP contribution in [0, 0.1) is 0 Å². The SMILES string of the molecule is COc1ccc2c(CC(=O)NCc3cccc(CN4CCN(C)CC4)c3)coc2c1. The number of carbonyl (C=O) groups is 1. The standard InChI is InChI=1S/C24H29N3O3/c1-26-8-10-27(11-9-26)16-19-5-3-4-18(12-19)15-25-24(28)13-20-17-30-23-14-21(29-2)6-7-22(20)23/h3-7,12,14,17H,8-11,13,15-16H2,1-2H3,(H,25,28). The molecule has 1 aromatic heterocycles.